The fraction of sp³-hybridized carbons (Fsp3) is 0.500. The van der Waals surface area contributed by atoms with Gasteiger partial charge in [-0.15, -0.1) is 0 Å². The number of rotatable bonds is 20. The predicted molar refractivity (Wildman–Crippen MR) is 260 cm³/mol. The second kappa shape index (κ2) is 23.5. The summed E-state index contributed by atoms with van der Waals surface area (Å²) in [5.74, 6) is 0.244. The number of aromatic amines is 1. The first-order valence-corrected chi connectivity index (χ1v) is 26.2. The molecule has 3 saturated heterocycles. The Balaban J connectivity index is 1.03. The van der Waals surface area contributed by atoms with Crippen LogP contribution in [0.2, 0.25) is 0 Å². The van der Waals surface area contributed by atoms with Crippen LogP contribution in [0.15, 0.2) is 42.5 Å². The Labute approximate surface area is 424 Å². The maximum absolute atomic E-state index is 15.7. The fourth-order valence-electron chi connectivity index (χ4n) is 9.84. The lowest BCUT2D eigenvalue weighted by molar-refractivity contribution is -0.147. The summed E-state index contributed by atoms with van der Waals surface area (Å²) in [5.41, 5.74) is 2.35. The molecule has 4 aliphatic heterocycles. The van der Waals surface area contributed by atoms with Crippen molar-refractivity contribution in [2.75, 3.05) is 26.3 Å². The smallest absolute Gasteiger partial charge is 0.404 e. The number of nitrogens with zero attached hydrogens (tertiary/aromatic N) is 3. The largest absolute Gasteiger partial charge is 0.480 e. The van der Waals surface area contributed by atoms with Crippen molar-refractivity contribution >= 4 is 71.7 Å². The zero-order chi connectivity index (χ0) is 53.5. The SMILES string of the molecule is CCOP(=O)(OCC)C(F)(F)c1ccc2[nH]c(C(=O)N[C@H]3CN(C(=O)CCCCCC#Cc4cccc5c4CN(C4CCC(=O)NC4=O)C5=O)CC[C@H]4CC[C@@H](C(=O)N[C@@H](CCC(N)=O)C(=O)O)N4C3=O)cc2c1. The van der Waals surface area contributed by atoms with Crippen LogP contribution in [0, 0.1) is 11.8 Å². The van der Waals surface area contributed by atoms with Crippen molar-refractivity contribution < 1.29 is 70.7 Å². The molecule has 0 radical (unpaired) electrons. The highest BCUT2D eigenvalue weighted by molar-refractivity contribution is 7.54. The number of carboxylic acids is 1. The van der Waals surface area contributed by atoms with E-state index in [9.17, 15) is 52.8 Å². The van der Waals surface area contributed by atoms with Gasteiger partial charge in [-0.2, -0.15) is 8.78 Å². The van der Waals surface area contributed by atoms with Gasteiger partial charge in [-0.3, -0.25) is 48.2 Å². The van der Waals surface area contributed by atoms with Gasteiger partial charge in [0.2, 0.25) is 35.4 Å². The number of carbonyl (C=O) groups excluding carboxylic acids is 8. The lowest BCUT2D eigenvalue weighted by atomic mass is 10.0. The van der Waals surface area contributed by atoms with Crippen molar-refractivity contribution in [3.63, 3.8) is 0 Å². The molecule has 74 heavy (non-hydrogen) atoms. The number of imide groups is 1. The molecule has 0 bridgehead atoms. The number of alkyl halides is 2. The van der Waals surface area contributed by atoms with E-state index in [-0.39, 0.29) is 112 Å². The van der Waals surface area contributed by atoms with Crippen molar-refractivity contribution in [1.29, 1.82) is 0 Å². The number of primary amides is 1. The summed E-state index contributed by atoms with van der Waals surface area (Å²) in [7, 11) is -4.97. The Morgan fingerprint density at radius 2 is 1.73 bits per heavy atom. The number of nitrogens with one attached hydrogen (secondary N) is 4. The Bertz CT molecular complexity index is 2840. The summed E-state index contributed by atoms with van der Waals surface area (Å²) in [5, 5.41) is 17.3. The normalized spacial score (nSPS) is 20.5. The van der Waals surface area contributed by atoms with Gasteiger partial charge in [0.15, 0.2) is 0 Å². The number of benzene rings is 2. The molecule has 1 unspecified atom stereocenters. The number of carbonyl (C=O) groups is 9. The van der Waals surface area contributed by atoms with E-state index in [1.807, 2.05) is 0 Å². The van der Waals surface area contributed by atoms with Crippen molar-refractivity contribution in [2.24, 2.45) is 5.73 Å². The number of carboxylic acid groups (broad SMARTS) is 1. The van der Waals surface area contributed by atoms with Crippen LogP contribution in [0.25, 0.3) is 10.9 Å². The van der Waals surface area contributed by atoms with Gasteiger partial charge in [-0.05, 0) is 94.7 Å². The van der Waals surface area contributed by atoms with Crippen LogP contribution in [0.3, 0.4) is 0 Å². The number of aromatic nitrogens is 1. The van der Waals surface area contributed by atoms with E-state index >= 15 is 8.78 Å². The van der Waals surface area contributed by atoms with E-state index in [2.05, 4.69) is 32.8 Å². The number of aliphatic carboxylic acids is 1. The minimum Gasteiger partial charge on any atom is -0.480 e. The Morgan fingerprint density at radius 1 is 0.973 bits per heavy atom. The highest BCUT2D eigenvalue weighted by Gasteiger charge is 2.55. The van der Waals surface area contributed by atoms with Gasteiger partial charge in [0.25, 0.3) is 11.8 Å². The molecule has 1 aromatic heterocycles. The second-order valence-electron chi connectivity index (χ2n) is 18.5. The third-order valence-electron chi connectivity index (χ3n) is 13.6. The minimum absolute atomic E-state index is 0.0859. The molecule has 8 amide bonds. The van der Waals surface area contributed by atoms with E-state index in [0.717, 1.165) is 12.1 Å². The average molecular weight is 1050 g/mol. The molecule has 2 aromatic carbocycles. The number of halogens is 2. The van der Waals surface area contributed by atoms with E-state index in [0.29, 0.717) is 48.8 Å². The van der Waals surface area contributed by atoms with Gasteiger partial charge in [0.1, 0.15) is 29.9 Å². The number of nitrogens with two attached hydrogens (primary N) is 1. The topological polar surface area (TPSA) is 297 Å². The average Bonchev–Trinajstić information content (AvgIpc) is 4.08. The minimum atomic E-state index is -4.97. The highest BCUT2D eigenvalue weighted by atomic mass is 31.2. The second-order valence-corrected chi connectivity index (χ2v) is 20.6. The van der Waals surface area contributed by atoms with Crippen LogP contribution in [-0.4, -0.2) is 135 Å². The van der Waals surface area contributed by atoms with Gasteiger partial charge in [-0.25, -0.2) is 4.79 Å². The molecule has 0 aliphatic carbocycles. The van der Waals surface area contributed by atoms with Crippen molar-refractivity contribution in [3.8, 4) is 11.8 Å². The molecule has 0 spiro atoms. The van der Waals surface area contributed by atoms with E-state index in [1.165, 1.54) is 40.7 Å². The Morgan fingerprint density at radius 3 is 2.43 bits per heavy atom. The van der Waals surface area contributed by atoms with Crippen molar-refractivity contribution in [2.45, 2.75) is 133 Å². The Hall–Kier alpha value is -7.02. The predicted octanol–water partition coefficient (Wildman–Crippen LogP) is 3.77. The first kappa shape index (κ1) is 54.7. The molecule has 3 fully saturated rings. The first-order chi connectivity index (χ1) is 35.3. The van der Waals surface area contributed by atoms with Crippen LogP contribution in [-0.2, 0) is 59.4 Å². The molecule has 24 heteroatoms. The van der Waals surface area contributed by atoms with Gasteiger partial charge < -0.3 is 50.2 Å². The number of hydrogen-bond acceptors (Lipinski definition) is 12. The molecule has 4 aliphatic rings. The summed E-state index contributed by atoms with van der Waals surface area (Å²) in [6, 6.07) is 4.33. The molecular weight excluding hydrogens is 990 g/mol. The molecule has 5 heterocycles. The quantitative estimate of drug-likeness (QED) is 0.0407. The lowest BCUT2D eigenvalue weighted by Gasteiger charge is -2.39. The number of piperidine rings is 1. The van der Waals surface area contributed by atoms with Crippen LogP contribution in [0.4, 0.5) is 8.78 Å². The number of hydrogen-bond donors (Lipinski definition) is 6. The fourth-order valence-corrected chi connectivity index (χ4v) is 11.4. The Kier molecular flexibility index (Phi) is 17.4. The molecule has 21 nitrogen and oxygen atoms in total. The number of fused-ring (bicyclic) bond motifs is 3. The lowest BCUT2D eigenvalue weighted by Crippen LogP contribution is -2.61. The third kappa shape index (κ3) is 12.0. The molecule has 7 N–H and O–H groups in total. The van der Waals surface area contributed by atoms with E-state index in [1.54, 1.807) is 18.2 Å². The summed E-state index contributed by atoms with van der Waals surface area (Å²) in [4.78, 5) is 124. The van der Waals surface area contributed by atoms with Crippen LogP contribution in [0.5, 0.6) is 0 Å². The summed E-state index contributed by atoms with van der Waals surface area (Å²) >= 11 is 0. The summed E-state index contributed by atoms with van der Waals surface area (Å²) in [6.07, 6.45) is 2.70. The van der Waals surface area contributed by atoms with Gasteiger partial charge in [-0.1, -0.05) is 30.4 Å². The maximum atomic E-state index is 15.7. The molecule has 0 saturated carbocycles. The number of H-pyrrole nitrogens is 1. The third-order valence-corrected chi connectivity index (χ3v) is 15.7. The standard InChI is InChI=1S/C50H59F2N8O13P/c1-3-72-74(71,73-4-2)50(51,52)31-15-17-35-30(25-31)26-37(54-35)44(64)56-38-28-58(24-23-32-16-19-40(60(32)48(38)68)46(66)55-36(49(69)70)18-21-41(53)61)43(63)14-9-7-5-6-8-11-29-12-10-13-33-34(29)27-59(47(33)67)39-20-22-42(62)57-45(39)65/h10,12-13,15,17,25-26,32,36,38-40,54H,3-7,9,14,16,18-24,27-28H2,1-2H3,(H2,53,61)(H,55,66)(H,56,64)(H,69,70)(H,57,62,65)/t32-,36+,38+,39?,40+/m1/s1. The number of unbranched alkanes of at least 4 members (excludes halogenated alkanes) is 3. The monoisotopic (exact) mass is 1050 g/mol. The zero-order valence-electron chi connectivity index (χ0n) is 40.9. The molecule has 5 atom stereocenters. The van der Waals surface area contributed by atoms with Crippen LogP contribution < -0.4 is 21.7 Å². The molecule has 396 valence electrons. The van der Waals surface area contributed by atoms with Crippen molar-refractivity contribution in [3.05, 3.63) is 70.4 Å². The number of amides is 8. The van der Waals surface area contributed by atoms with Gasteiger partial charge in [0.05, 0.1) is 13.2 Å². The molecular formula is C50H59F2N8O13P. The maximum Gasteiger partial charge on any atom is 0.404 e. The van der Waals surface area contributed by atoms with Crippen LogP contribution >= 0.6 is 7.60 Å². The first-order valence-electron chi connectivity index (χ1n) is 24.6. The van der Waals surface area contributed by atoms with E-state index in [4.69, 9.17) is 14.8 Å². The summed E-state index contributed by atoms with van der Waals surface area (Å²) < 4.78 is 54.4. The van der Waals surface area contributed by atoms with E-state index < -0.39 is 84.5 Å². The molecule has 7 rings (SSSR count). The summed E-state index contributed by atoms with van der Waals surface area (Å²) in [6.45, 7) is 2.18. The van der Waals surface area contributed by atoms with Gasteiger partial charge in [0, 0.05) is 79.0 Å². The van der Waals surface area contributed by atoms with Crippen LogP contribution in [0.1, 0.15) is 128 Å². The van der Waals surface area contributed by atoms with Crippen molar-refractivity contribution in [1.82, 2.24) is 35.6 Å². The van der Waals surface area contributed by atoms with Gasteiger partial charge >= 0.3 is 19.2 Å². The highest BCUT2D eigenvalue weighted by Crippen LogP contribution is 2.67. The zero-order valence-corrected chi connectivity index (χ0v) is 41.8. The molecule has 3 aromatic rings.